The average Bonchev–Trinajstić information content (AvgIpc) is 3.92. The molecule has 0 spiro atoms. The number of esters is 1. The minimum absolute atomic E-state index is 0.0193. The predicted molar refractivity (Wildman–Crippen MR) is 274 cm³/mol. The number of nitrogens with zero attached hydrogens (tertiary/aromatic N) is 1. The summed E-state index contributed by atoms with van der Waals surface area (Å²) >= 11 is 0. The number of fused-ring (bicyclic) bond motifs is 3. The zero-order chi connectivity index (χ0) is 54.2. The van der Waals surface area contributed by atoms with E-state index < -0.39 is 89.8 Å². The Hall–Kier alpha value is -3.94. The highest BCUT2D eigenvalue weighted by molar-refractivity contribution is 6.39. The average molecular weight is 1030 g/mol. The van der Waals surface area contributed by atoms with E-state index in [9.17, 15) is 44.1 Å². The first-order chi connectivity index (χ1) is 34.6. The Kier molecular flexibility index (Phi) is 24.8. The number of carboxylic acid groups (broad SMARTS) is 1. The van der Waals surface area contributed by atoms with Crippen LogP contribution in [0.5, 0.6) is 0 Å². The number of Topliss-reactive ketones (excluding diaryl/α,β-unsaturated/α-hetero) is 3. The molecular weight excluding hydrogens is 941 g/mol. The molecule has 4 heterocycles. The quantitative estimate of drug-likeness (QED) is 0.111. The van der Waals surface area contributed by atoms with Crippen molar-refractivity contribution in [1.29, 1.82) is 0 Å². The Labute approximate surface area is 433 Å². The molecular formula is C56H88N2O15. The number of piperidine rings is 1. The summed E-state index contributed by atoms with van der Waals surface area (Å²) in [5.74, 6) is -8.68. The van der Waals surface area contributed by atoms with Crippen LogP contribution < -0.4 is 5.32 Å². The van der Waals surface area contributed by atoms with Gasteiger partial charge in [0.05, 0.1) is 24.4 Å². The molecule has 0 radical (unpaired) electrons. The Morgan fingerprint density at radius 2 is 1.59 bits per heavy atom. The van der Waals surface area contributed by atoms with E-state index in [4.69, 9.17) is 28.8 Å². The SMILES string of the molecule is CO[C@H]1C[C@@H]2CC[C@@H](C)[C@@](O)(O2)C(=O)C(=O)N2CCCC[C@H]2C(=O)O[C@H]([C@H](C)C[C@@H]2CC[C@@H](O)[C@H](OC)C2)CC(=O)[C@H](C)/C=C(\C)[C@@H](O)[C@@H](OC)C(=O)[C@H](C)C[C@H](C)/C=C/C=C/C=C/1C.O=C(O)C1CCCN1. The standard InChI is InChI=1S/C51H79NO13.C5H9NO2/c1-30-16-12-11-13-17-31(2)42(61-8)28-38-21-19-36(7)51(60,65-38)48(57)49(58)52-23-15-14-18-39(52)50(59)64-43(33(4)26-37-20-22-40(53)44(27-37)62-9)29-41(54)32(3)25-35(6)46(56)47(63-10)45(55)34(5)24-30;7-5(8)4-2-1-3-6-4/h11-13,16-17,25,30,32-34,36-40,42-44,46-47,53,56,60H,14-15,18-24,26-29H2,1-10H3;4,6H,1-3H2,(H,7,8)/b13-11+,16-12+,31-17+,35-25+;/t30-,32-,33-,34-,36-,37+,38+,39+,40-,42+,43+,44-,46-,47+,51-;/m1./s1. The highest BCUT2D eigenvalue weighted by Gasteiger charge is 2.53. The molecule has 1 amide bonds. The lowest BCUT2D eigenvalue weighted by molar-refractivity contribution is -0.265. The normalized spacial score (nSPS) is 39.1. The number of rotatable bonds is 7. The number of hydrogen-bond acceptors (Lipinski definition) is 15. The monoisotopic (exact) mass is 1030 g/mol. The number of carbonyl (C=O) groups is 6. The number of aliphatic hydroxyl groups is 3. The number of cyclic esters (lactones) is 1. The number of hydrogen-bond donors (Lipinski definition) is 5. The summed E-state index contributed by atoms with van der Waals surface area (Å²) in [7, 11) is 4.52. The third kappa shape index (κ3) is 17.3. The smallest absolute Gasteiger partial charge is 0.329 e. The van der Waals surface area contributed by atoms with E-state index in [0.717, 1.165) is 31.4 Å². The molecule has 4 aliphatic heterocycles. The zero-order valence-electron chi connectivity index (χ0n) is 45.2. The molecule has 5 aliphatic rings. The summed E-state index contributed by atoms with van der Waals surface area (Å²) in [5, 5.41) is 45.0. The van der Waals surface area contributed by atoms with Gasteiger partial charge >= 0.3 is 11.9 Å². The van der Waals surface area contributed by atoms with Crippen molar-refractivity contribution in [2.75, 3.05) is 34.4 Å². The van der Waals surface area contributed by atoms with Crippen molar-refractivity contribution < 1.29 is 72.9 Å². The predicted octanol–water partition coefficient (Wildman–Crippen LogP) is 6.00. The van der Waals surface area contributed by atoms with Gasteiger partial charge in [0, 0.05) is 58.5 Å². The molecule has 5 rings (SSSR count). The van der Waals surface area contributed by atoms with Crippen LogP contribution in [0.2, 0.25) is 0 Å². The van der Waals surface area contributed by atoms with Gasteiger partial charge in [-0.15, -0.1) is 0 Å². The second-order valence-corrected chi connectivity index (χ2v) is 21.6. The highest BCUT2D eigenvalue weighted by Crippen LogP contribution is 2.38. The second kappa shape index (κ2) is 29.4. The van der Waals surface area contributed by atoms with Gasteiger partial charge in [0.1, 0.15) is 36.2 Å². The fourth-order valence-corrected chi connectivity index (χ4v) is 11.0. The summed E-state index contributed by atoms with van der Waals surface area (Å²) in [6.07, 6.45) is 13.0. The first kappa shape index (κ1) is 61.6. The number of aliphatic carboxylic acids is 1. The zero-order valence-corrected chi connectivity index (χ0v) is 45.2. The van der Waals surface area contributed by atoms with Crippen molar-refractivity contribution in [3.63, 3.8) is 0 Å². The van der Waals surface area contributed by atoms with Gasteiger partial charge in [-0.05, 0) is 126 Å². The van der Waals surface area contributed by atoms with Crippen LogP contribution in [0.4, 0.5) is 0 Å². The molecule has 17 nitrogen and oxygen atoms in total. The largest absolute Gasteiger partial charge is 0.480 e. The minimum atomic E-state index is -2.43. The van der Waals surface area contributed by atoms with Gasteiger partial charge in [0.25, 0.3) is 11.7 Å². The highest BCUT2D eigenvalue weighted by atomic mass is 16.6. The minimum Gasteiger partial charge on any atom is -0.480 e. The lowest BCUT2D eigenvalue weighted by Gasteiger charge is -2.42. The Balaban J connectivity index is 0.00000131. The fraction of sp³-hybridized carbons (Fsp3) is 0.750. The van der Waals surface area contributed by atoms with E-state index in [-0.39, 0.29) is 60.9 Å². The van der Waals surface area contributed by atoms with Crippen molar-refractivity contribution >= 4 is 35.2 Å². The number of ether oxygens (including phenoxy) is 5. The van der Waals surface area contributed by atoms with Gasteiger partial charge in [0.2, 0.25) is 5.79 Å². The summed E-state index contributed by atoms with van der Waals surface area (Å²) in [6.45, 7) is 13.6. The molecule has 412 valence electrons. The van der Waals surface area contributed by atoms with Crippen molar-refractivity contribution in [3.8, 4) is 0 Å². The summed E-state index contributed by atoms with van der Waals surface area (Å²) in [5.41, 5.74) is 1.27. The molecule has 0 aromatic rings. The van der Waals surface area contributed by atoms with Crippen molar-refractivity contribution in [2.24, 2.45) is 35.5 Å². The van der Waals surface area contributed by atoms with Gasteiger partial charge in [0.15, 0.2) is 5.78 Å². The molecule has 16 atom stereocenters. The maximum Gasteiger partial charge on any atom is 0.329 e. The van der Waals surface area contributed by atoms with Crippen LogP contribution in [0.15, 0.2) is 47.6 Å². The number of carbonyl (C=O) groups excluding carboxylic acids is 5. The molecule has 5 N–H and O–H groups in total. The van der Waals surface area contributed by atoms with Crippen LogP contribution in [0.1, 0.15) is 138 Å². The number of ketones is 3. The molecule has 1 unspecified atom stereocenters. The maximum atomic E-state index is 14.4. The van der Waals surface area contributed by atoms with Crippen LogP contribution in [0, 0.1) is 35.5 Å². The molecule has 17 heteroatoms. The Morgan fingerprint density at radius 1 is 0.863 bits per heavy atom. The van der Waals surface area contributed by atoms with Gasteiger partial charge < -0.3 is 54.3 Å². The molecule has 1 aliphatic carbocycles. The topological polar surface area (TPSA) is 245 Å². The first-order valence-electron chi connectivity index (χ1n) is 26.7. The van der Waals surface area contributed by atoms with Crippen molar-refractivity contribution in [2.45, 2.75) is 199 Å². The maximum absolute atomic E-state index is 14.4. The van der Waals surface area contributed by atoms with Crippen LogP contribution >= 0.6 is 0 Å². The third-order valence-electron chi connectivity index (χ3n) is 15.8. The van der Waals surface area contributed by atoms with Crippen molar-refractivity contribution in [3.05, 3.63) is 47.6 Å². The molecule has 1 saturated carbocycles. The first-order valence-corrected chi connectivity index (χ1v) is 26.7. The molecule has 0 aromatic carbocycles. The summed E-state index contributed by atoms with van der Waals surface area (Å²) < 4.78 is 29.4. The number of allylic oxidation sites excluding steroid dienone is 6. The number of aliphatic hydroxyl groups excluding tert-OH is 2. The summed E-state index contributed by atoms with van der Waals surface area (Å²) in [4.78, 5) is 81.9. The van der Waals surface area contributed by atoms with Crippen LogP contribution in [0.25, 0.3) is 0 Å². The molecule has 2 bridgehead atoms. The number of nitrogens with one attached hydrogen (secondary N) is 1. The number of carboxylic acids is 1. The molecule has 0 aromatic heterocycles. The summed E-state index contributed by atoms with van der Waals surface area (Å²) in [6, 6.07) is -1.41. The van der Waals surface area contributed by atoms with Crippen LogP contribution in [-0.4, -0.2) is 156 Å². The molecule has 73 heavy (non-hydrogen) atoms. The van der Waals surface area contributed by atoms with E-state index in [1.807, 2.05) is 58.1 Å². The number of methoxy groups -OCH3 is 3. The second-order valence-electron chi connectivity index (χ2n) is 21.6. The van der Waals surface area contributed by atoms with E-state index >= 15 is 0 Å². The number of amides is 1. The van der Waals surface area contributed by atoms with E-state index in [1.165, 1.54) is 12.0 Å². The van der Waals surface area contributed by atoms with Gasteiger partial charge in [-0.25, -0.2) is 4.79 Å². The Bertz CT molecular complexity index is 1980. The molecule has 4 fully saturated rings. The van der Waals surface area contributed by atoms with E-state index in [2.05, 4.69) is 5.32 Å². The fourth-order valence-electron chi connectivity index (χ4n) is 11.0. The lowest BCUT2D eigenvalue weighted by Crippen LogP contribution is -2.61. The molecule has 3 saturated heterocycles. The van der Waals surface area contributed by atoms with E-state index in [1.54, 1.807) is 41.1 Å². The lowest BCUT2D eigenvalue weighted by atomic mass is 9.78. The van der Waals surface area contributed by atoms with Gasteiger partial charge in [-0.1, -0.05) is 71.1 Å². The van der Waals surface area contributed by atoms with Crippen LogP contribution in [0.3, 0.4) is 0 Å². The van der Waals surface area contributed by atoms with Crippen LogP contribution in [-0.2, 0) is 52.5 Å². The van der Waals surface area contributed by atoms with E-state index in [0.29, 0.717) is 63.4 Å². The van der Waals surface area contributed by atoms with Gasteiger partial charge in [-0.3, -0.25) is 24.0 Å². The van der Waals surface area contributed by atoms with Gasteiger partial charge in [-0.2, -0.15) is 0 Å². The Morgan fingerprint density at radius 3 is 2.22 bits per heavy atom. The third-order valence-corrected chi connectivity index (χ3v) is 15.8. The van der Waals surface area contributed by atoms with Crippen molar-refractivity contribution in [1.82, 2.24) is 10.2 Å².